The molecule has 0 aliphatic rings. The molecule has 0 fully saturated rings. The van der Waals surface area contributed by atoms with Crippen LogP contribution in [0.4, 0.5) is 5.69 Å². The number of nitrogens with zero attached hydrogens (tertiary/aromatic N) is 3. The van der Waals surface area contributed by atoms with Crippen molar-refractivity contribution >= 4 is 29.3 Å². The number of para-hydroxylation sites is 1. The molecule has 8 heteroatoms. The molecule has 0 bridgehead atoms. The molecule has 1 aromatic heterocycles. The lowest BCUT2D eigenvalue weighted by molar-refractivity contribution is -0.119. The molecule has 0 saturated heterocycles. The van der Waals surface area contributed by atoms with E-state index in [1.165, 1.54) is 18.0 Å². The zero-order valence-corrected chi connectivity index (χ0v) is 17.9. The third-order valence-electron chi connectivity index (χ3n) is 4.40. The van der Waals surface area contributed by atoms with Crippen molar-refractivity contribution in [2.24, 2.45) is 0 Å². The zero-order chi connectivity index (χ0) is 22.2. The topological polar surface area (TPSA) is 86.1 Å². The second-order valence-electron chi connectivity index (χ2n) is 6.82. The number of amides is 1. The van der Waals surface area contributed by atoms with Gasteiger partial charge in [0.25, 0.3) is 5.91 Å². The van der Waals surface area contributed by atoms with E-state index in [1.54, 1.807) is 10.7 Å². The molecule has 160 valence electrons. The number of nitrogens with one attached hydrogen (secondary N) is 1. The van der Waals surface area contributed by atoms with E-state index in [-0.39, 0.29) is 5.69 Å². The van der Waals surface area contributed by atoms with Gasteiger partial charge < -0.3 is 10.1 Å². The number of hydrogen-bond donors (Lipinski definition) is 1. The highest BCUT2D eigenvalue weighted by Crippen LogP contribution is 2.33. The summed E-state index contributed by atoms with van der Waals surface area (Å²) in [5.74, 6) is -1.14. The van der Waals surface area contributed by atoms with Crippen LogP contribution in [0.3, 0.4) is 0 Å². The number of carbonyl (C=O) groups excluding carboxylic acids is 2. The third kappa shape index (κ3) is 5.83. The van der Waals surface area contributed by atoms with E-state index in [1.807, 2.05) is 78.9 Å². The molecule has 0 saturated carbocycles. The number of carbonyl (C=O) groups is 2. The van der Waals surface area contributed by atoms with Gasteiger partial charge in [0, 0.05) is 9.79 Å². The molecule has 0 unspecified atom stereocenters. The Bertz CT molecular complexity index is 1200. The highest BCUT2D eigenvalue weighted by Gasteiger charge is 2.15. The van der Waals surface area contributed by atoms with Gasteiger partial charge in [-0.05, 0) is 29.8 Å². The number of anilines is 1. The van der Waals surface area contributed by atoms with Gasteiger partial charge in [0.15, 0.2) is 12.3 Å². The summed E-state index contributed by atoms with van der Waals surface area (Å²) in [7, 11) is 0. The molecule has 4 rings (SSSR count). The van der Waals surface area contributed by atoms with Crippen LogP contribution in [0.2, 0.25) is 0 Å². The molecule has 0 aliphatic carbocycles. The Kier molecular flexibility index (Phi) is 6.94. The predicted molar refractivity (Wildman–Crippen MR) is 121 cm³/mol. The monoisotopic (exact) mass is 444 g/mol. The fraction of sp³-hybridized carbons (Fsp3) is 0.0833. The van der Waals surface area contributed by atoms with Crippen molar-refractivity contribution in [2.75, 3.05) is 11.9 Å². The summed E-state index contributed by atoms with van der Waals surface area (Å²) in [5, 5.41) is 10.6. The summed E-state index contributed by atoms with van der Waals surface area (Å²) in [6, 6.07) is 27.0. The van der Waals surface area contributed by atoms with Gasteiger partial charge in [-0.15, -0.1) is 5.10 Å². The van der Waals surface area contributed by atoms with E-state index in [4.69, 9.17) is 4.74 Å². The lowest BCUT2D eigenvalue weighted by atomic mass is 10.2. The van der Waals surface area contributed by atoms with Crippen molar-refractivity contribution in [3.63, 3.8) is 0 Å². The van der Waals surface area contributed by atoms with E-state index in [0.717, 1.165) is 15.4 Å². The Hall–Kier alpha value is -3.91. The van der Waals surface area contributed by atoms with E-state index < -0.39 is 18.5 Å². The Morgan fingerprint density at radius 3 is 2.38 bits per heavy atom. The first-order valence-electron chi connectivity index (χ1n) is 9.90. The Labute approximate surface area is 189 Å². The number of aromatic nitrogens is 3. The number of benzene rings is 3. The third-order valence-corrected chi connectivity index (χ3v) is 5.49. The van der Waals surface area contributed by atoms with Crippen LogP contribution in [0.5, 0.6) is 0 Å². The second-order valence-corrected chi connectivity index (χ2v) is 7.94. The van der Waals surface area contributed by atoms with E-state index >= 15 is 0 Å². The number of esters is 1. The van der Waals surface area contributed by atoms with Crippen LogP contribution in [-0.4, -0.2) is 33.5 Å². The van der Waals surface area contributed by atoms with Crippen LogP contribution in [0.1, 0.15) is 16.1 Å². The van der Waals surface area contributed by atoms with Gasteiger partial charge >= 0.3 is 5.97 Å². The summed E-state index contributed by atoms with van der Waals surface area (Å²) in [6.45, 7) is 0.0617. The van der Waals surface area contributed by atoms with Crippen molar-refractivity contribution in [3.05, 3.63) is 102 Å². The molecule has 0 radical (unpaired) electrons. The number of ether oxygens (including phenoxy) is 1. The van der Waals surface area contributed by atoms with Crippen LogP contribution in [-0.2, 0) is 16.1 Å². The molecule has 0 atom stereocenters. The Morgan fingerprint density at radius 2 is 1.59 bits per heavy atom. The van der Waals surface area contributed by atoms with Crippen molar-refractivity contribution < 1.29 is 14.3 Å². The van der Waals surface area contributed by atoms with E-state index in [2.05, 4.69) is 15.6 Å². The molecular formula is C24H20N4O3S. The van der Waals surface area contributed by atoms with Gasteiger partial charge in [0.05, 0.1) is 18.4 Å². The molecule has 0 aliphatic heterocycles. The first kappa shape index (κ1) is 21.3. The first-order chi connectivity index (χ1) is 15.7. The van der Waals surface area contributed by atoms with Gasteiger partial charge in [0.1, 0.15) is 0 Å². The molecule has 32 heavy (non-hydrogen) atoms. The fourth-order valence-electron chi connectivity index (χ4n) is 2.91. The van der Waals surface area contributed by atoms with Crippen LogP contribution < -0.4 is 5.32 Å². The highest BCUT2D eigenvalue weighted by atomic mass is 32.2. The minimum atomic E-state index is -0.702. The number of rotatable bonds is 8. The summed E-state index contributed by atoms with van der Waals surface area (Å²) >= 11 is 1.54. The zero-order valence-electron chi connectivity index (χ0n) is 17.0. The SMILES string of the molecule is O=C(COC(=O)c1cn(Cc2ccccc2)nn1)Nc1ccccc1Sc1ccccc1. The molecule has 7 nitrogen and oxygen atoms in total. The average molecular weight is 445 g/mol. The maximum absolute atomic E-state index is 12.4. The van der Waals surface area contributed by atoms with Gasteiger partial charge in [-0.2, -0.15) is 0 Å². The van der Waals surface area contributed by atoms with E-state index in [9.17, 15) is 9.59 Å². The van der Waals surface area contributed by atoms with Gasteiger partial charge in [-0.1, -0.05) is 77.6 Å². The lowest BCUT2D eigenvalue weighted by Crippen LogP contribution is -2.21. The summed E-state index contributed by atoms with van der Waals surface area (Å²) in [5.41, 5.74) is 1.73. The molecule has 1 heterocycles. The Morgan fingerprint density at radius 1 is 0.906 bits per heavy atom. The molecule has 1 amide bonds. The standard InChI is InChI=1S/C24H20N4O3S/c29-23(25-20-13-7-8-14-22(20)32-19-11-5-2-6-12-19)17-31-24(30)21-16-28(27-26-21)15-18-9-3-1-4-10-18/h1-14,16H,15,17H2,(H,25,29). The van der Waals surface area contributed by atoms with Gasteiger partial charge in [-0.25, -0.2) is 9.48 Å². The maximum atomic E-state index is 12.4. The van der Waals surface area contributed by atoms with Gasteiger partial charge in [-0.3, -0.25) is 4.79 Å². The fourth-order valence-corrected chi connectivity index (χ4v) is 3.83. The van der Waals surface area contributed by atoms with Crippen molar-refractivity contribution in [1.29, 1.82) is 0 Å². The van der Waals surface area contributed by atoms with Crippen LogP contribution in [0.25, 0.3) is 0 Å². The summed E-state index contributed by atoms with van der Waals surface area (Å²) in [6.07, 6.45) is 1.50. The highest BCUT2D eigenvalue weighted by molar-refractivity contribution is 7.99. The normalized spacial score (nSPS) is 10.5. The molecule has 1 N–H and O–H groups in total. The van der Waals surface area contributed by atoms with Crippen LogP contribution in [0, 0.1) is 0 Å². The van der Waals surface area contributed by atoms with Crippen LogP contribution in [0.15, 0.2) is 101 Å². The quantitative estimate of drug-likeness (QED) is 0.409. The van der Waals surface area contributed by atoms with Crippen molar-refractivity contribution in [2.45, 2.75) is 16.3 Å². The average Bonchev–Trinajstić information content (AvgIpc) is 3.29. The lowest BCUT2D eigenvalue weighted by Gasteiger charge is -2.10. The molecule has 0 spiro atoms. The maximum Gasteiger partial charge on any atom is 0.361 e. The molecular weight excluding hydrogens is 424 g/mol. The minimum absolute atomic E-state index is 0.0498. The largest absolute Gasteiger partial charge is 0.451 e. The summed E-state index contributed by atoms with van der Waals surface area (Å²) in [4.78, 5) is 26.6. The smallest absolute Gasteiger partial charge is 0.361 e. The van der Waals surface area contributed by atoms with Crippen molar-refractivity contribution in [1.82, 2.24) is 15.0 Å². The second kappa shape index (κ2) is 10.4. The number of hydrogen-bond acceptors (Lipinski definition) is 6. The Balaban J connectivity index is 1.31. The molecule has 3 aromatic carbocycles. The molecule has 4 aromatic rings. The van der Waals surface area contributed by atoms with E-state index in [0.29, 0.717) is 12.2 Å². The van der Waals surface area contributed by atoms with Gasteiger partial charge in [0.2, 0.25) is 0 Å². The van der Waals surface area contributed by atoms with Crippen molar-refractivity contribution in [3.8, 4) is 0 Å². The summed E-state index contributed by atoms with van der Waals surface area (Å²) < 4.78 is 6.65. The van der Waals surface area contributed by atoms with Crippen LogP contribution >= 0.6 is 11.8 Å². The minimum Gasteiger partial charge on any atom is -0.451 e. The predicted octanol–water partition coefficient (Wildman–Crippen LogP) is 4.27. The first-order valence-corrected chi connectivity index (χ1v) is 10.7.